The summed E-state index contributed by atoms with van der Waals surface area (Å²) in [5, 5.41) is 0.0318. The van der Waals surface area contributed by atoms with Gasteiger partial charge in [0.2, 0.25) is 5.95 Å². The Kier molecular flexibility index (Phi) is 3.83. The van der Waals surface area contributed by atoms with E-state index in [0.29, 0.717) is 12.2 Å². The Morgan fingerprint density at radius 3 is 2.93 bits per heavy atom. The molecule has 0 aliphatic heterocycles. The summed E-state index contributed by atoms with van der Waals surface area (Å²) in [4.78, 5) is 14.4. The van der Waals surface area contributed by atoms with Crippen molar-refractivity contribution < 1.29 is 13.9 Å². The number of hydrogen-bond acceptors (Lipinski definition) is 3. The first-order chi connectivity index (χ1) is 6.61. The Hall–Kier alpha value is -1.16. The van der Waals surface area contributed by atoms with Crippen LogP contribution in [0.2, 0.25) is 5.15 Å². The first kappa shape index (κ1) is 10.9. The number of rotatable bonds is 3. The molecule has 1 aromatic heterocycles. The number of pyridine rings is 1. The minimum atomic E-state index is -0.697. The van der Waals surface area contributed by atoms with E-state index < -0.39 is 11.9 Å². The van der Waals surface area contributed by atoms with E-state index in [2.05, 4.69) is 4.98 Å². The Morgan fingerprint density at radius 1 is 1.64 bits per heavy atom. The second-order valence-corrected chi connectivity index (χ2v) is 2.99. The van der Waals surface area contributed by atoms with Gasteiger partial charge in [-0.2, -0.15) is 4.39 Å². The summed E-state index contributed by atoms with van der Waals surface area (Å²) < 4.78 is 17.4. The molecule has 0 fully saturated rings. The summed E-state index contributed by atoms with van der Waals surface area (Å²) in [5.74, 6) is -1.11. The Morgan fingerprint density at radius 2 is 2.36 bits per heavy atom. The van der Waals surface area contributed by atoms with Crippen LogP contribution in [0.4, 0.5) is 4.39 Å². The van der Waals surface area contributed by atoms with Gasteiger partial charge in [-0.1, -0.05) is 11.6 Å². The molecular weight excluding hydrogens is 209 g/mol. The van der Waals surface area contributed by atoms with Gasteiger partial charge >= 0.3 is 5.97 Å². The summed E-state index contributed by atoms with van der Waals surface area (Å²) in [6, 6.07) is 2.59. The second kappa shape index (κ2) is 4.91. The topological polar surface area (TPSA) is 39.2 Å². The summed E-state index contributed by atoms with van der Waals surface area (Å²) in [7, 11) is 0. The number of carbonyl (C=O) groups excluding carboxylic acids is 1. The molecule has 0 aliphatic rings. The molecule has 76 valence electrons. The van der Waals surface area contributed by atoms with Crippen molar-refractivity contribution in [2.24, 2.45) is 0 Å². The third-order valence-corrected chi connectivity index (χ3v) is 1.67. The third kappa shape index (κ3) is 3.30. The van der Waals surface area contributed by atoms with Gasteiger partial charge in [-0.3, -0.25) is 4.79 Å². The van der Waals surface area contributed by atoms with Crippen molar-refractivity contribution in [1.82, 2.24) is 4.98 Å². The van der Waals surface area contributed by atoms with Crippen LogP contribution in [-0.4, -0.2) is 17.6 Å². The van der Waals surface area contributed by atoms with Crippen LogP contribution >= 0.6 is 11.6 Å². The largest absolute Gasteiger partial charge is 0.466 e. The zero-order valence-electron chi connectivity index (χ0n) is 7.59. The lowest BCUT2D eigenvalue weighted by Gasteiger charge is -2.02. The number of halogens is 2. The fourth-order valence-corrected chi connectivity index (χ4v) is 1.22. The maximum Gasteiger partial charge on any atom is 0.310 e. The molecule has 1 heterocycles. The van der Waals surface area contributed by atoms with Crippen LogP contribution in [0.3, 0.4) is 0 Å². The first-order valence-electron chi connectivity index (χ1n) is 4.09. The molecule has 1 aromatic rings. The quantitative estimate of drug-likeness (QED) is 0.574. The number of nitrogens with zero attached hydrogens (tertiary/aromatic N) is 1. The molecule has 14 heavy (non-hydrogen) atoms. The highest BCUT2D eigenvalue weighted by atomic mass is 35.5. The van der Waals surface area contributed by atoms with Crippen LogP contribution in [0.15, 0.2) is 12.1 Å². The summed E-state index contributed by atoms with van der Waals surface area (Å²) in [6.45, 7) is 2.01. The highest BCUT2D eigenvalue weighted by molar-refractivity contribution is 6.29. The van der Waals surface area contributed by atoms with Crippen molar-refractivity contribution in [3.63, 3.8) is 0 Å². The minimum Gasteiger partial charge on any atom is -0.466 e. The monoisotopic (exact) mass is 217 g/mol. The van der Waals surface area contributed by atoms with Gasteiger partial charge in [0.25, 0.3) is 0 Å². The fraction of sp³-hybridized carbons (Fsp3) is 0.333. The molecular formula is C9H9ClFNO2. The molecule has 0 spiro atoms. The Labute approximate surface area is 85.9 Å². The number of esters is 1. The SMILES string of the molecule is CCOC(=O)Cc1cc(F)nc(Cl)c1. The first-order valence-corrected chi connectivity index (χ1v) is 4.47. The van der Waals surface area contributed by atoms with Gasteiger partial charge < -0.3 is 4.74 Å². The van der Waals surface area contributed by atoms with Crippen LogP contribution in [-0.2, 0) is 16.0 Å². The molecule has 1 rings (SSSR count). The third-order valence-electron chi connectivity index (χ3n) is 1.48. The van der Waals surface area contributed by atoms with E-state index in [-0.39, 0.29) is 11.6 Å². The molecule has 0 bridgehead atoms. The molecule has 0 amide bonds. The van der Waals surface area contributed by atoms with Gasteiger partial charge in [0, 0.05) is 0 Å². The maximum absolute atomic E-state index is 12.7. The lowest BCUT2D eigenvalue weighted by molar-refractivity contribution is -0.142. The zero-order valence-corrected chi connectivity index (χ0v) is 8.34. The molecule has 0 N–H and O–H groups in total. The smallest absolute Gasteiger partial charge is 0.310 e. The van der Waals surface area contributed by atoms with E-state index in [1.807, 2.05) is 0 Å². The Bertz CT molecular complexity index is 323. The molecule has 0 atom stereocenters. The highest BCUT2D eigenvalue weighted by Crippen LogP contribution is 2.10. The number of hydrogen-bond donors (Lipinski definition) is 0. The molecule has 0 aliphatic carbocycles. The van der Waals surface area contributed by atoms with Crippen molar-refractivity contribution in [1.29, 1.82) is 0 Å². The fourth-order valence-electron chi connectivity index (χ4n) is 0.995. The van der Waals surface area contributed by atoms with E-state index >= 15 is 0 Å². The minimum absolute atomic E-state index is 0.00694. The number of ether oxygens (including phenoxy) is 1. The van der Waals surface area contributed by atoms with Gasteiger partial charge in [-0.15, -0.1) is 0 Å². The van der Waals surface area contributed by atoms with E-state index in [0.717, 1.165) is 6.07 Å². The zero-order chi connectivity index (χ0) is 10.6. The lowest BCUT2D eigenvalue weighted by Crippen LogP contribution is -2.07. The van der Waals surface area contributed by atoms with Crippen molar-refractivity contribution in [2.45, 2.75) is 13.3 Å². The van der Waals surface area contributed by atoms with Gasteiger partial charge in [-0.25, -0.2) is 4.98 Å². The van der Waals surface area contributed by atoms with Crippen LogP contribution < -0.4 is 0 Å². The lowest BCUT2D eigenvalue weighted by atomic mass is 10.2. The highest BCUT2D eigenvalue weighted by Gasteiger charge is 2.06. The molecule has 5 heteroatoms. The molecule has 0 saturated carbocycles. The number of carbonyl (C=O) groups is 1. The van der Waals surface area contributed by atoms with E-state index in [4.69, 9.17) is 16.3 Å². The van der Waals surface area contributed by atoms with Crippen molar-refractivity contribution in [3.05, 3.63) is 28.8 Å². The molecule has 0 saturated heterocycles. The van der Waals surface area contributed by atoms with Crippen molar-refractivity contribution >= 4 is 17.6 Å². The summed E-state index contributed by atoms with van der Waals surface area (Å²) >= 11 is 5.51. The Balaban J connectivity index is 2.71. The van der Waals surface area contributed by atoms with Crippen LogP contribution in [0.25, 0.3) is 0 Å². The molecule has 0 unspecified atom stereocenters. The van der Waals surface area contributed by atoms with Crippen molar-refractivity contribution in [2.75, 3.05) is 6.61 Å². The number of aromatic nitrogens is 1. The van der Waals surface area contributed by atoms with Crippen LogP contribution in [0.5, 0.6) is 0 Å². The van der Waals surface area contributed by atoms with Gasteiger partial charge in [0.1, 0.15) is 5.15 Å². The standard InChI is InChI=1S/C9H9ClFNO2/c1-2-14-9(13)5-6-3-7(10)12-8(11)4-6/h3-4H,2,5H2,1H3. The second-order valence-electron chi connectivity index (χ2n) is 2.60. The van der Waals surface area contributed by atoms with Crippen LogP contribution in [0.1, 0.15) is 12.5 Å². The van der Waals surface area contributed by atoms with Crippen molar-refractivity contribution in [3.8, 4) is 0 Å². The maximum atomic E-state index is 12.7. The average molecular weight is 218 g/mol. The normalized spacial score (nSPS) is 9.93. The van der Waals surface area contributed by atoms with E-state index in [1.54, 1.807) is 6.92 Å². The van der Waals surface area contributed by atoms with Gasteiger partial charge in [-0.05, 0) is 24.6 Å². The van der Waals surface area contributed by atoms with Gasteiger partial charge in [0.15, 0.2) is 0 Å². The summed E-state index contributed by atoms with van der Waals surface area (Å²) in [6.07, 6.45) is 0.00694. The molecule has 3 nitrogen and oxygen atoms in total. The molecule has 0 radical (unpaired) electrons. The van der Waals surface area contributed by atoms with E-state index in [9.17, 15) is 9.18 Å². The van der Waals surface area contributed by atoms with E-state index in [1.165, 1.54) is 6.07 Å². The average Bonchev–Trinajstić information content (AvgIpc) is 2.01. The molecule has 0 aromatic carbocycles. The predicted molar refractivity (Wildman–Crippen MR) is 49.5 cm³/mol. The summed E-state index contributed by atoms with van der Waals surface area (Å²) in [5.41, 5.74) is 0.459. The van der Waals surface area contributed by atoms with Gasteiger partial charge in [0.05, 0.1) is 13.0 Å². The van der Waals surface area contributed by atoms with Crippen LogP contribution in [0, 0.1) is 5.95 Å². The predicted octanol–water partition coefficient (Wildman–Crippen LogP) is 1.98.